The minimum absolute atomic E-state index is 0.170. The molecule has 0 aliphatic rings. The van der Waals surface area contributed by atoms with Gasteiger partial charge in [0.05, 0.1) is 5.69 Å². The lowest BCUT2D eigenvalue weighted by Crippen LogP contribution is -2.16. The molecule has 0 spiro atoms. The molecule has 0 bridgehead atoms. The van der Waals surface area contributed by atoms with Gasteiger partial charge in [-0.1, -0.05) is 24.3 Å². The van der Waals surface area contributed by atoms with Crippen LogP contribution in [0, 0.1) is 0 Å². The van der Waals surface area contributed by atoms with Crippen LogP contribution in [0.4, 0.5) is 5.69 Å². The second-order valence-corrected chi connectivity index (χ2v) is 4.76. The molecule has 0 amide bonds. The third-order valence-corrected chi connectivity index (χ3v) is 3.26. The molecule has 0 unspecified atom stereocenters. The second kappa shape index (κ2) is 4.30. The van der Waals surface area contributed by atoms with Gasteiger partial charge in [0.1, 0.15) is 4.90 Å². The van der Waals surface area contributed by atoms with Crippen LogP contribution in [0.15, 0.2) is 41.3 Å². The molecule has 0 heterocycles. The van der Waals surface area contributed by atoms with Crippen molar-refractivity contribution in [2.75, 3.05) is 5.43 Å². The van der Waals surface area contributed by atoms with Crippen molar-refractivity contribution in [1.82, 2.24) is 5.59 Å². The highest BCUT2D eigenvalue weighted by molar-refractivity contribution is 7.86. The summed E-state index contributed by atoms with van der Waals surface area (Å²) in [5, 5.41) is 9.51. The minimum atomic E-state index is -4.27. The standard InChI is InChI=1S/C10H10N2O4S/c13-12-11-9-5-6-10(17(14,15)16)8-4-2-1-3-7(8)9/h1-6,11-13H,(H,14,15,16). The molecule has 0 atom stereocenters. The van der Waals surface area contributed by atoms with Crippen LogP contribution in [0.2, 0.25) is 0 Å². The summed E-state index contributed by atoms with van der Waals surface area (Å²) in [6.45, 7) is 0. The molecular weight excluding hydrogens is 244 g/mol. The average molecular weight is 254 g/mol. The lowest BCUT2D eigenvalue weighted by molar-refractivity contribution is 0.193. The maximum atomic E-state index is 11.2. The minimum Gasteiger partial charge on any atom is -0.298 e. The predicted molar refractivity (Wildman–Crippen MR) is 62.3 cm³/mol. The van der Waals surface area contributed by atoms with Gasteiger partial charge in [0, 0.05) is 10.8 Å². The summed E-state index contributed by atoms with van der Waals surface area (Å²) in [4.78, 5) is -0.170. The number of fused-ring (bicyclic) bond motifs is 1. The monoisotopic (exact) mass is 254 g/mol. The third kappa shape index (κ3) is 2.22. The number of hydrogen-bond donors (Lipinski definition) is 4. The van der Waals surface area contributed by atoms with Crippen molar-refractivity contribution in [3.63, 3.8) is 0 Å². The van der Waals surface area contributed by atoms with Gasteiger partial charge >= 0.3 is 0 Å². The summed E-state index contributed by atoms with van der Waals surface area (Å²) < 4.78 is 31.5. The molecule has 90 valence electrons. The van der Waals surface area contributed by atoms with E-state index in [0.29, 0.717) is 16.5 Å². The van der Waals surface area contributed by atoms with Gasteiger partial charge in [0.2, 0.25) is 0 Å². The highest BCUT2D eigenvalue weighted by Crippen LogP contribution is 2.28. The highest BCUT2D eigenvalue weighted by Gasteiger charge is 2.15. The van der Waals surface area contributed by atoms with Gasteiger partial charge in [0.15, 0.2) is 0 Å². The zero-order chi connectivity index (χ0) is 12.5. The van der Waals surface area contributed by atoms with E-state index in [-0.39, 0.29) is 4.90 Å². The van der Waals surface area contributed by atoms with Crippen LogP contribution in [0.3, 0.4) is 0 Å². The van der Waals surface area contributed by atoms with Crippen LogP contribution in [-0.4, -0.2) is 18.2 Å². The van der Waals surface area contributed by atoms with E-state index in [1.807, 2.05) is 0 Å². The fourth-order valence-corrected chi connectivity index (χ4v) is 2.36. The van der Waals surface area contributed by atoms with Crippen LogP contribution in [0.5, 0.6) is 0 Å². The summed E-state index contributed by atoms with van der Waals surface area (Å²) >= 11 is 0. The van der Waals surface area contributed by atoms with Crippen LogP contribution in [0.25, 0.3) is 10.8 Å². The van der Waals surface area contributed by atoms with Gasteiger partial charge in [-0.25, -0.2) is 0 Å². The van der Waals surface area contributed by atoms with Crippen molar-refractivity contribution in [2.45, 2.75) is 4.90 Å². The maximum Gasteiger partial charge on any atom is 0.295 e. The maximum absolute atomic E-state index is 11.2. The van der Waals surface area contributed by atoms with E-state index in [4.69, 9.17) is 9.76 Å². The lowest BCUT2D eigenvalue weighted by atomic mass is 10.1. The predicted octanol–water partition coefficient (Wildman–Crippen LogP) is 1.39. The van der Waals surface area contributed by atoms with Crippen LogP contribution in [0.1, 0.15) is 0 Å². The molecule has 0 saturated carbocycles. The van der Waals surface area contributed by atoms with Crippen molar-refractivity contribution in [1.29, 1.82) is 0 Å². The number of nitrogens with one attached hydrogen (secondary N) is 2. The SMILES string of the molecule is O=S(=O)(O)c1ccc(NNO)c2ccccc12. The summed E-state index contributed by atoms with van der Waals surface area (Å²) in [5.74, 6) is 0. The van der Waals surface area contributed by atoms with Gasteiger partial charge in [0.25, 0.3) is 10.1 Å². The molecular formula is C10H10N2O4S. The zero-order valence-electron chi connectivity index (χ0n) is 8.58. The number of hydrazine groups is 1. The molecule has 0 aliphatic carbocycles. The molecule has 2 rings (SSSR count). The molecule has 0 saturated heterocycles. The molecule has 2 aromatic rings. The molecule has 0 aliphatic heterocycles. The Labute approximate surface area is 97.6 Å². The third-order valence-electron chi connectivity index (χ3n) is 2.35. The van der Waals surface area contributed by atoms with Gasteiger partial charge in [-0.05, 0) is 12.1 Å². The Morgan fingerprint density at radius 1 is 1.00 bits per heavy atom. The molecule has 0 fully saturated rings. The molecule has 0 aromatic heterocycles. The van der Waals surface area contributed by atoms with E-state index >= 15 is 0 Å². The van der Waals surface area contributed by atoms with E-state index < -0.39 is 10.1 Å². The first-order valence-corrected chi connectivity index (χ1v) is 6.12. The molecule has 0 radical (unpaired) electrons. The Bertz CT molecular complexity index is 654. The van der Waals surface area contributed by atoms with Crippen LogP contribution in [-0.2, 0) is 10.1 Å². The smallest absolute Gasteiger partial charge is 0.295 e. The summed E-state index contributed by atoms with van der Waals surface area (Å²) in [6.07, 6.45) is 0. The highest BCUT2D eigenvalue weighted by atomic mass is 32.2. The summed E-state index contributed by atoms with van der Waals surface area (Å²) in [5.41, 5.74) is 4.73. The summed E-state index contributed by atoms with van der Waals surface area (Å²) in [7, 11) is -4.27. The molecule has 7 heteroatoms. The van der Waals surface area contributed by atoms with Crippen molar-refractivity contribution in [2.24, 2.45) is 0 Å². The van der Waals surface area contributed by atoms with E-state index in [9.17, 15) is 8.42 Å². The average Bonchev–Trinajstić information content (AvgIpc) is 2.28. The van der Waals surface area contributed by atoms with E-state index in [2.05, 4.69) is 5.43 Å². The van der Waals surface area contributed by atoms with Gasteiger partial charge in [-0.2, -0.15) is 8.42 Å². The van der Waals surface area contributed by atoms with Crippen LogP contribution >= 0.6 is 0 Å². The fraction of sp³-hybridized carbons (Fsp3) is 0. The molecule has 6 nitrogen and oxygen atoms in total. The van der Waals surface area contributed by atoms with Gasteiger partial charge in [-0.3, -0.25) is 15.2 Å². The number of benzene rings is 2. The largest absolute Gasteiger partial charge is 0.298 e. The second-order valence-electron chi connectivity index (χ2n) is 3.37. The summed E-state index contributed by atoms with van der Waals surface area (Å²) in [6, 6.07) is 9.32. The number of hydrogen-bond acceptors (Lipinski definition) is 5. The van der Waals surface area contributed by atoms with Gasteiger partial charge < -0.3 is 0 Å². The van der Waals surface area contributed by atoms with Crippen molar-refractivity contribution >= 4 is 26.6 Å². The van der Waals surface area contributed by atoms with Gasteiger partial charge in [-0.15, -0.1) is 5.59 Å². The Morgan fingerprint density at radius 2 is 1.65 bits per heavy atom. The first-order valence-electron chi connectivity index (χ1n) is 4.68. The van der Waals surface area contributed by atoms with Crippen molar-refractivity contribution < 1.29 is 18.2 Å². The molecule has 17 heavy (non-hydrogen) atoms. The first-order chi connectivity index (χ1) is 8.04. The molecule has 4 N–H and O–H groups in total. The Morgan fingerprint density at radius 3 is 2.24 bits per heavy atom. The number of anilines is 1. The zero-order valence-corrected chi connectivity index (χ0v) is 9.40. The van der Waals surface area contributed by atoms with Crippen molar-refractivity contribution in [3.05, 3.63) is 36.4 Å². The van der Waals surface area contributed by atoms with Crippen molar-refractivity contribution in [3.8, 4) is 0 Å². The Kier molecular flexibility index (Phi) is 2.99. The van der Waals surface area contributed by atoms with E-state index in [0.717, 1.165) is 0 Å². The number of rotatable bonds is 3. The Hall–Kier alpha value is -1.67. The van der Waals surface area contributed by atoms with Crippen LogP contribution < -0.4 is 11.0 Å². The van der Waals surface area contributed by atoms with E-state index in [1.54, 1.807) is 29.9 Å². The normalized spacial score (nSPS) is 11.6. The Balaban J connectivity index is 2.80. The first kappa shape index (κ1) is 11.8. The fourth-order valence-electron chi connectivity index (χ4n) is 1.67. The van der Waals surface area contributed by atoms with E-state index in [1.165, 1.54) is 12.1 Å². The lowest BCUT2D eigenvalue weighted by Gasteiger charge is -2.10. The molecule has 2 aromatic carbocycles. The quantitative estimate of drug-likeness (QED) is 0.488. The topological polar surface area (TPSA) is 98.7 Å².